The van der Waals surface area contributed by atoms with Crippen LogP contribution in [0.4, 0.5) is 0 Å². The summed E-state index contributed by atoms with van der Waals surface area (Å²) in [5.41, 5.74) is 0.974. The molecule has 6 heteroatoms. The number of methoxy groups -OCH3 is 1. The molecular weight excluding hydrogens is 344 g/mol. The number of ether oxygens (including phenoxy) is 1. The zero-order chi connectivity index (χ0) is 14.8. The van der Waals surface area contributed by atoms with Crippen LogP contribution in [0, 0.1) is 6.92 Å². The Balaban J connectivity index is 2.41. The average molecular weight is 357 g/mol. The van der Waals surface area contributed by atoms with Crippen LogP contribution < -0.4 is 8.92 Å². The number of aryl methyl sites for hydroxylation is 1. The van der Waals surface area contributed by atoms with Crippen molar-refractivity contribution in [2.45, 2.75) is 11.8 Å². The summed E-state index contributed by atoms with van der Waals surface area (Å²) in [5, 5.41) is 0. The van der Waals surface area contributed by atoms with E-state index < -0.39 is 10.1 Å². The van der Waals surface area contributed by atoms with Crippen LogP contribution in [0.1, 0.15) is 5.56 Å². The van der Waals surface area contributed by atoms with E-state index in [1.54, 1.807) is 30.3 Å². The summed E-state index contributed by atoms with van der Waals surface area (Å²) < 4.78 is 35.3. The third-order valence-electron chi connectivity index (χ3n) is 2.65. The molecule has 2 aromatic carbocycles. The summed E-state index contributed by atoms with van der Waals surface area (Å²) in [4.78, 5) is 0.0981. The molecule has 0 fully saturated rings. The number of para-hydroxylation sites is 1. The van der Waals surface area contributed by atoms with E-state index in [2.05, 4.69) is 15.9 Å². The van der Waals surface area contributed by atoms with E-state index in [0.717, 1.165) is 5.56 Å². The predicted octanol–water partition coefficient (Wildman–Crippen LogP) is 3.53. The minimum absolute atomic E-state index is 0.0981. The van der Waals surface area contributed by atoms with E-state index in [4.69, 9.17) is 8.92 Å². The summed E-state index contributed by atoms with van der Waals surface area (Å²) >= 11 is 3.26. The van der Waals surface area contributed by atoms with Crippen molar-refractivity contribution in [2.75, 3.05) is 7.11 Å². The van der Waals surface area contributed by atoms with Gasteiger partial charge >= 0.3 is 10.1 Å². The maximum atomic E-state index is 12.2. The number of benzene rings is 2. The highest BCUT2D eigenvalue weighted by atomic mass is 79.9. The minimum Gasteiger partial charge on any atom is -0.493 e. The first-order valence-electron chi connectivity index (χ1n) is 5.77. The Morgan fingerprint density at radius 2 is 1.70 bits per heavy atom. The Hall–Kier alpha value is -1.53. The minimum atomic E-state index is -3.90. The first-order valence-corrected chi connectivity index (χ1v) is 7.98. The van der Waals surface area contributed by atoms with E-state index in [9.17, 15) is 8.42 Å². The van der Waals surface area contributed by atoms with E-state index in [0.29, 0.717) is 10.2 Å². The van der Waals surface area contributed by atoms with Crippen molar-refractivity contribution in [1.29, 1.82) is 0 Å². The van der Waals surface area contributed by atoms with Crippen LogP contribution in [0.3, 0.4) is 0 Å². The topological polar surface area (TPSA) is 52.6 Å². The summed E-state index contributed by atoms with van der Waals surface area (Å²) in [5.74, 6) is 0.477. The van der Waals surface area contributed by atoms with E-state index in [-0.39, 0.29) is 10.6 Å². The first kappa shape index (κ1) is 14.9. The zero-order valence-electron chi connectivity index (χ0n) is 11.0. The van der Waals surface area contributed by atoms with Gasteiger partial charge < -0.3 is 8.92 Å². The Morgan fingerprint density at radius 1 is 1.05 bits per heavy atom. The molecule has 0 radical (unpaired) electrons. The van der Waals surface area contributed by atoms with Gasteiger partial charge in [-0.2, -0.15) is 8.42 Å². The van der Waals surface area contributed by atoms with Gasteiger partial charge in [0.15, 0.2) is 11.5 Å². The van der Waals surface area contributed by atoms with Crippen LogP contribution in [0.2, 0.25) is 0 Å². The first-order chi connectivity index (χ1) is 9.44. The van der Waals surface area contributed by atoms with Gasteiger partial charge in [-0.05, 0) is 47.1 Å². The van der Waals surface area contributed by atoms with Crippen LogP contribution in [-0.4, -0.2) is 15.5 Å². The maximum Gasteiger partial charge on any atom is 0.339 e. The van der Waals surface area contributed by atoms with Crippen LogP contribution >= 0.6 is 15.9 Å². The molecule has 0 bridgehead atoms. The van der Waals surface area contributed by atoms with Crippen LogP contribution in [0.25, 0.3) is 0 Å². The van der Waals surface area contributed by atoms with Crippen LogP contribution in [-0.2, 0) is 10.1 Å². The van der Waals surface area contributed by atoms with Gasteiger partial charge in [-0.15, -0.1) is 0 Å². The van der Waals surface area contributed by atoms with Crippen molar-refractivity contribution in [2.24, 2.45) is 0 Å². The van der Waals surface area contributed by atoms with Crippen molar-refractivity contribution in [1.82, 2.24) is 0 Å². The summed E-state index contributed by atoms with van der Waals surface area (Å²) in [7, 11) is -2.44. The number of hydrogen-bond donors (Lipinski definition) is 0. The predicted molar refractivity (Wildman–Crippen MR) is 79.7 cm³/mol. The monoisotopic (exact) mass is 356 g/mol. The molecule has 0 aliphatic rings. The maximum absolute atomic E-state index is 12.2. The van der Waals surface area contributed by atoms with Crippen LogP contribution in [0.5, 0.6) is 11.5 Å². The van der Waals surface area contributed by atoms with E-state index in [1.807, 2.05) is 6.92 Å². The zero-order valence-corrected chi connectivity index (χ0v) is 13.4. The van der Waals surface area contributed by atoms with Gasteiger partial charge in [0.2, 0.25) is 0 Å². The van der Waals surface area contributed by atoms with Gasteiger partial charge in [0.05, 0.1) is 11.6 Å². The third kappa shape index (κ3) is 3.13. The largest absolute Gasteiger partial charge is 0.493 e. The summed E-state index contributed by atoms with van der Waals surface area (Å²) in [6.07, 6.45) is 0. The molecule has 20 heavy (non-hydrogen) atoms. The Bertz CT molecular complexity index is 708. The molecule has 0 aliphatic heterocycles. The normalized spacial score (nSPS) is 11.2. The Labute approximate surface area is 126 Å². The van der Waals surface area contributed by atoms with Crippen LogP contribution in [0.15, 0.2) is 51.8 Å². The highest BCUT2D eigenvalue weighted by Gasteiger charge is 2.20. The molecule has 2 aromatic rings. The van der Waals surface area contributed by atoms with Crippen molar-refractivity contribution in [3.63, 3.8) is 0 Å². The van der Waals surface area contributed by atoms with Gasteiger partial charge in [-0.3, -0.25) is 0 Å². The second kappa shape index (κ2) is 5.85. The molecule has 0 aromatic heterocycles. The number of rotatable bonds is 4. The summed E-state index contributed by atoms with van der Waals surface area (Å²) in [6.45, 7) is 1.88. The van der Waals surface area contributed by atoms with Crippen molar-refractivity contribution in [3.8, 4) is 11.5 Å². The van der Waals surface area contributed by atoms with Crippen molar-refractivity contribution < 1.29 is 17.3 Å². The quantitative estimate of drug-likeness (QED) is 0.786. The highest BCUT2D eigenvalue weighted by Crippen LogP contribution is 2.36. The fourth-order valence-corrected chi connectivity index (χ4v) is 3.09. The highest BCUT2D eigenvalue weighted by molar-refractivity contribution is 9.10. The SMILES string of the molecule is COc1cccc(Br)c1OS(=O)(=O)c1ccc(C)cc1. The number of halogens is 1. The van der Waals surface area contributed by atoms with Gasteiger partial charge in [0, 0.05) is 0 Å². The molecular formula is C14H13BrO4S. The Morgan fingerprint density at radius 3 is 2.30 bits per heavy atom. The molecule has 0 saturated carbocycles. The molecule has 0 spiro atoms. The smallest absolute Gasteiger partial charge is 0.339 e. The molecule has 0 saturated heterocycles. The van der Waals surface area contributed by atoms with Gasteiger partial charge in [0.25, 0.3) is 0 Å². The molecule has 0 heterocycles. The number of hydrogen-bond acceptors (Lipinski definition) is 4. The molecule has 106 valence electrons. The van der Waals surface area contributed by atoms with E-state index in [1.165, 1.54) is 19.2 Å². The van der Waals surface area contributed by atoms with Gasteiger partial charge in [-0.1, -0.05) is 23.8 Å². The van der Waals surface area contributed by atoms with Gasteiger partial charge in [0.1, 0.15) is 4.90 Å². The van der Waals surface area contributed by atoms with Gasteiger partial charge in [-0.25, -0.2) is 0 Å². The van der Waals surface area contributed by atoms with E-state index >= 15 is 0 Å². The second-order valence-corrected chi connectivity index (χ2v) is 6.52. The molecule has 4 nitrogen and oxygen atoms in total. The molecule has 0 unspecified atom stereocenters. The lowest BCUT2D eigenvalue weighted by Gasteiger charge is -2.12. The third-order valence-corrected chi connectivity index (χ3v) is 4.51. The lowest BCUT2D eigenvalue weighted by molar-refractivity contribution is 0.389. The molecule has 0 atom stereocenters. The van der Waals surface area contributed by atoms with Crippen molar-refractivity contribution in [3.05, 3.63) is 52.5 Å². The lowest BCUT2D eigenvalue weighted by atomic mass is 10.2. The Kier molecular flexibility index (Phi) is 4.35. The average Bonchev–Trinajstić information content (AvgIpc) is 2.41. The summed E-state index contributed by atoms with van der Waals surface area (Å²) in [6, 6.07) is 11.5. The fraction of sp³-hybridized carbons (Fsp3) is 0.143. The van der Waals surface area contributed by atoms with Crippen molar-refractivity contribution >= 4 is 26.0 Å². The molecule has 0 amide bonds. The lowest BCUT2D eigenvalue weighted by Crippen LogP contribution is -2.10. The fourth-order valence-electron chi connectivity index (χ4n) is 1.59. The molecule has 0 aliphatic carbocycles. The standard InChI is InChI=1S/C14H13BrO4S/c1-10-6-8-11(9-7-10)20(16,17)19-14-12(15)4-3-5-13(14)18-2/h3-9H,1-2H3. The molecule has 0 N–H and O–H groups in total. The molecule has 2 rings (SSSR count). The second-order valence-electron chi connectivity index (χ2n) is 4.12.